The van der Waals surface area contributed by atoms with Crippen molar-refractivity contribution >= 4 is 69.6 Å². The number of hydrogen-bond donors (Lipinski definition) is 2. The van der Waals surface area contributed by atoms with Gasteiger partial charge in [-0.15, -0.1) is 0 Å². The van der Waals surface area contributed by atoms with Crippen molar-refractivity contribution in [1.82, 2.24) is 34.3 Å². The van der Waals surface area contributed by atoms with Crippen molar-refractivity contribution in [3.05, 3.63) is 99.4 Å². The van der Waals surface area contributed by atoms with E-state index in [9.17, 15) is 65.9 Å². The van der Waals surface area contributed by atoms with Gasteiger partial charge in [-0.1, -0.05) is 22.8 Å². The quantitative estimate of drug-likeness (QED) is 0.0174. The average Bonchev–Trinajstić information content (AvgIpc) is 1.61. The van der Waals surface area contributed by atoms with Gasteiger partial charge in [-0.2, -0.15) is 13.7 Å². The molecule has 3 aromatic rings. The van der Waals surface area contributed by atoms with Gasteiger partial charge in [0, 0.05) is 138 Å². The number of carbonyl (C=O) groups is 8. The Kier molecular flexibility index (Phi) is 37.1. The van der Waals surface area contributed by atoms with Crippen molar-refractivity contribution in [2.24, 2.45) is 93.7 Å². The van der Waals surface area contributed by atoms with Crippen LogP contribution in [-0.4, -0.2) is 310 Å². The van der Waals surface area contributed by atoms with Crippen LogP contribution < -0.4 is 15.5 Å². The van der Waals surface area contributed by atoms with Gasteiger partial charge in [-0.25, -0.2) is 37.5 Å². The maximum absolute atomic E-state index is 14.7. The molecule has 3 unspecified atom stereocenters. The third kappa shape index (κ3) is 34.2. The van der Waals surface area contributed by atoms with E-state index in [2.05, 4.69) is 16.2 Å². The molecule has 16 aliphatic rings. The van der Waals surface area contributed by atoms with Crippen LogP contribution in [0.3, 0.4) is 0 Å². The van der Waals surface area contributed by atoms with Crippen molar-refractivity contribution in [2.45, 2.75) is 296 Å². The highest BCUT2D eigenvalue weighted by Gasteiger charge is 2.53. The summed E-state index contributed by atoms with van der Waals surface area (Å²) in [5, 5.41) is 22.9. The summed E-state index contributed by atoms with van der Waals surface area (Å²) < 4.78 is 108. The van der Waals surface area contributed by atoms with E-state index in [0.29, 0.717) is 213 Å². The number of nitrogens with two attached hydrogens (primary N) is 1. The number of benzene rings is 3. The number of aliphatic hydroxyl groups excluding tert-OH is 1. The molecule has 10 aliphatic heterocycles. The highest BCUT2D eigenvalue weighted by atomic mass is 32.2. The number of fused-ring (bicyclic) bond motifs is 1. The minimum absolute atomic E-state index is 0.0205. The molecule has 6 aliphatic carbocycles. The third-order valence-corrected chi connectivity index (χ3v) is 30.5. The van der Waals surface area contributed by atoms with Gasteiger partial charge in [0.25, 0.3) is 10.1 Å². The first-order chi connectivity index (χ1) is 68.5. The second-order valence-electron chi connectivity index (χ2n) is 48.7. The van der Waals surface area contributed by atoms with Crippen LogP contribution in [0.1, 0.15) is 241 Å². The van der Waals surface area contributed by atoms with Crippen LogP contribution in [0.15, 0.2) is 70.7 Å². The van der Waals surface area contributed by atoms with E-state index in [4.69, 9.17) is 58.1 Å². The molecule has 146 heavy (non-hydrogen) atoms. The minimum atomic E-state index is -3.86. The number of morpholine rings is 3. The van der Waals surface area contributed by atoms with Crippen LogP contribution in [0.5, 0.6) is 0 Å². The smallest absolute Gasteiger partial charge is 0.410 e. The van der Waals surface area contributed by atoms with Crippen LogP contribution in [0.2, 0.25) is 0 Å². The van der Waals surface area contributed by atoms with Gasteiger partial charge in [-0.05, 0) is 334 Å². The van der Waals surface area contributed by atoms with E-state index in [-0.39, 0.29) is 119 Å². The van der Waals surface area contributed by atoms with Crippen molar-refractivity contribution in [3.63, 3.8) is 0 Å². The Morgan fingerprint density at radius 3 is 1.18 bits per heavy atom. The zero-order valence-corrected chi connectivity index (χ0v) is 90.3. The number of rotatable bonds is 18. The Morgan fingerprint density at radius 1 is 0.438 bits per heavy atom. The Labute approximate surface area is 861 Å². The minimum Gasteiger partial charge on any atom is -0.444 e. The predicted octanol–water partition coefficient (Wildman–Crippen LogP) is 17.3. The van der Waals surface area contributed by atoms with Crippen molar-refractivity contribution in [1.29, 1.82) is 5.26 Å². The van der Waals surface area contributed by atoms with E-state index in [1.54, 1.807) is 82.8 Å². The fourth-order valence-corrected chi connectivity index (χ4v) is 22.1. The van der Waals surface area contributed by atoms with E-state index in [1.807, 2.05) is 141 Å². The van der Waals surface area contributed by atoms with Gasteiger partial charge < -0.3 is 97.6 Å². The zero-order valence-electron chi connectivity index (χ0n) is 89.4. The van der Waals surface area contributed by atoms with Gasteiger partial charge in [0.1, 0.15) is 57.4 Å². The number of halogens is 2. The summed E-state index contributed by atoms with van der Waals surface area (Å²) in [5.74, 6) is 5.00. The second kappa shape index (κ2) is 47.7. The van der Waals surface area contributed by atoms with Crippen molar-refractivity contribution < 1.29 is 107 Å². The molecule has 10 saturated heterocycles. The molecular formula is C108H162F2N14O21S. The fourth-order valence-electron chi connectivity index (χ4n) is 20.9. The topological polar surface area (TPSA) is 414 Å². The largest absolute Gasteiger partial charge is 0.444 e. The summed E-state index contributed by atoms with van der Waals surface area (Å²) in [6, 6.07) is 16.3. The first kappa shape index (κ1) is 114. The molecule has 10 heterocycles. The lowest BCUT2D eigenvalue weighted by Crippen LogP contribution is -2.37. The van der Waals surface area contributed by atoms with Gasteiger partial charge in [0.15, 0.2) is 17.8 Å². The molecule has 38 heteroatoms. The molecule has 0 bridgehead atoms. The first-order valence-electron chi connectivity index (χ1n) is 53.0. The number of anilines is 2. The van der Waals surface area contributed by atoms with Gasteiger partial charge in [-0.3, -0.25) is 13.8 Å². The highest BCUT2D eigenvalue weighted by Crippen LogP contribution is 2.50. The summed E-state index contributed by atoms with van der Waals surface area (Å²) in [5.41, 5.74) is 14.6. The van der Waals surface area contributed by atoms with E-state index < -0.39 is 55.9 Å². The average molecular weight is 2060 g/mol. The molecule has 0 radical (unpaired) electrons. The molecule has 35 nitrogen and oxygen atoms in total. The Hall–Kier alpha value is -9.61. The van der Waals surface area contributed by atoms with Crippen LogP contribution in [0, 0.1) is 113 Å². The number of aliphatic hydroxyl groups is 1. The van der Waals surface area contributed by atoms with Gasteiger partial charge >= 0.3 is 36.6 Å². The lowest BCUT2D eigenvalue weighted by atomic mass is 9.86. The van der Waals surface area contributed by atoms with Gasteiger partial charge in [0.05, 0.1) is 87.1 Å². The lowest BCUT2D eigenvalue weighted by Gasteiger charge is -2.29. The second-order valence-corrected chi connectivity index (χ2v) is 50.3. The molecule has 3 N–H and O–H groups in total. The number of Topliss-reactive ketones (excluding diaryl/α,β-unsaturated/α-hetero) is 2. The van der Waals surface area contributed by atoms with E-state index in [1.165, 1.54) is 63.5 Å². The fraction of sp³-hybridized carbons (Fsp3) is 0.750. The molecule has 6 saturated carbocycles. The summed E-state index contributed by atoms with van der Waals surface area (Å²) in [7, 11) is -3.86. The zero-order chi connectivity index (χ0) is 106. The predicted molar refractivity (Wildman–Crippen MR) is 544 cm³/mol. The number of ketones is 2. The Morgan fingerprint density at radius 2 is 0.774 bits per heavy atom. The molecule has 16 fully saturated rings. The molecule has 19 rings (SSSR count). The molecule has 0 spiro atoms. The lowest BCUT2D eigenvalue weighted by molar-refractivity contribution is 0.0225. The van der Waals surface area contributed by atoms with E-state index in [0.717, 1.165) is 50.3 Å². The van der Waals surface area contributed by atoms with Crippen molar-refractivity contribution in [3.8, 4) is 6.19 Å². The SMILES string of the molecule is CC(C)(C)OC(=O)N1CC(N=[N+]=[N-])[C@H](C2CC2)C1.CC(C)(C)OC(=O)N1CC2OC2C1.CC(C)(C)OC(=O)N1C[C@@H](O)[C@H](C2CC2)C1.CC(C)(C)OC(=O)N1C[C@H](CC(=O)c2ccc(N3CCOCC3)c(F)c2)[C@H](C2CC2)C1.CC(C)(C)OC(=O)N1C[C@H](N)[C@H](C2CC2)C1.Cc1ccc(S(=O)(=O)O[C@@H]2CN(C(=O)OC(C)(C)C)C[C@H]2C2CC2)cc1.N#CN1C[C@H](CC(=O)c2ccc(N3CCOCC3)c(F)c2)[C@H](C2CC2)C1. The number of β-amino-alcohol motifs (C(OH)–C–C–N with tert-alkyl or cyclic N) is 1. The number of azide groups is 1. The van der Waals surface area contributed by atoms with Crippen LogP contribution in [-0.2, 0) is 56.9 Å². The molecule has 6 amide bonds. The third-order valence-electron chi connectivity index (χ3n) is 29.2. The number of likely N-dealkylation sites (tertiary alicyclic amines) is 7. The first-order valence-corrected chi connectivity index (χ1v) is 54.4. The van der Waals surface area contributed by atoms with Crippen LogP contribution in [0.25, 0.3) is 10.4 Å². The summed E-state index contributed by atoms with van der Waals surface area (Å²) >= 11 is 0. The molecule has 810 valence electrons. The van der Waals surface area contributed by atoms with Crippen molar-refractivity contribution in [2.75, 3.05) is 154 Å². The molecule has 3 aromatic carbocycles. The Bertz CT molecular complexity index is 5140. The number of ether oxygens (including phenoxy) is 9. The number of amides is 6. The number of aryl methyl sites for hydroxylation is 1. The molecule has 0 aromatic heterocycles. The standard InChI is InChI=1S/C24H33FN2O4.C20H24FN3O2.C19H27NO5S.C12H20N4O2.C12H22N2O2.C12H21NO3.C9H15NO3/c1-24(2,3)31-23(29)27-14-18(19(15-27)16-4-5-16)13-22(28)17-6-7-21(20(25)12-17)26-8-10-30-11-9-26;21-18-9-15(3-4-19(18)24-5-7-26-8-6-24)20(25)10-16-11-23(13-22)12-17(16)14-1-2-14;1-13-5-9-15(10-6-13)26(22,23)25-17-12-20(11-16(17)14-7-8-14)18(21)24-19(2,3)4;1-12(2,3)18-11(17)16-6-9(8-4-5-8)10(7-16)14-15-13;1-12(2,3)16-11(15)14-6-9(8-4-5-8)10(13)7-14;1-12(2,3)16-11(15)13-6-9(8-4-5-8)10(14)7-13;1-9(2,3)13-8(11)10-4-6-7(5-10)12-6/h6-7,12,16,18-19H,4-5,8-11,13-15H2,1-3H3;3-4,9,14,16-17H,1-2,5-8,10-12H2;5-6,9-10,14,16-17H,7-8,11-12H2,1-4H3;8-10H,4-7H2,1-3H3;8-10H,4-7,13H2,1-3H3;8-10,14H,4-7H2,1-3H3;6-7H,4-5H2,1-3H3/t18-,19-;16-,17-;16-,17+;9-,10?;9-,10-;9-,10+;/m000000./s1. The number of hydrogen-bond acceptors (Lipinski definition) is 27. The Balaban J connectivity index is 0.000000145. The number of nitriles is 1. The molecule has 14 atom stereocenters. The van der Waals surface area contributed by atoms with E-state index >= 15 is 0 Å². The number of epoxide rings is 1. The number of carbonyl (C=O) groups excluding carboxylic acids is 8. The van der Waals surface area contributed by atoms with Gasteiger partial charge in [0.2, 0.25) is 0 Å². The summed E-state index contributed by atoms with van der Waals surface area (Å²) in [4.78, 5) is 117. The monoisotopic (exact) mass is 2060 g/mol. The van der Waals surface area contributed by atoms with Crippen LogP contribution >= 0.6 is 0 Å². The summed E-state index contributed by atoms with van der Waals surface area (Å²) in [6.45, 7) is 48.6. The number of nitrogens with zero attached hydrogens (tertiary/aromatic N) is 13. The summed E-state index contributed by atoms with van der Waals surface area (Å²) in [6.07, 6.45) is 15.0. The maximum atomic E-state index is 14.7. The van der Waals surface area contributed by atoms with Crippen LogP contribution in [0.4, 0.5) is 48.9 Å². The molecular weight excluding hydrogens is 1900 g/mol. The normalized spacial score (nSPS) is 27.0. The maximum Gasteiger partial charge on any atom is 0.410 e. The highest BCUT2D eigenvalue weighted by molar-refractivity contribution is 7.86.